The first-order valence-corrected chi connectivity index (χ1v) is 12.6. The summed E-state index contributed by atoms with van der Waals surface area (Å²) in [7, 11) is 0. The van der Waals surface area contributed by atoms with E-state index in [4.69, 9.17) is 9.57 Å². The second kappa shape index (κ2) is 10.1. The van der Waals surface area contributed by atoms with Crippen molar-refractivity contribution in [3.05, 3.63) is 0 Å². The Bertz CT molecular complexity index is 552. The number of hydrogen-bond acceptors (Lipinski definition) is 5. The van der Waals surface area contributed by atoms with E-state index >= 15 is 0 Å². The van der Waals surface area contributed by atoms with Gasteiger partial charge in [-0.2, -0.15) is 5.48 Å². The summed E-state index contributed by atoms with van der Waals surface area (Å²) in [6.07, 6.45) is 9.19. The van der Waals surface area contributed by atoms with Crippen molar-refractivity contribution in [1.82, 2.24) is 15.7 Å². The van der Waals surface area contributed by atoms with Gasteiger partial charge in [-0.3, -0.25) is 10.2 Å². The maximum absolute atomic E-state index is 14.4. The van der Waals surface area contributed by atoms with Crippen LogP contribution in [0.3, 0.4) is 0 Å². The Morgan fingerprint density at radius 1 is 1.07 bits per heavy atom. The Labute approximate surface area is 180 Å². The van der Waals surface area contributed by atoms with Crippen LogP contribution in [-0.4, -0.2) is 81.6 Å². The second-order valence-corrected chi connectivity index (χ2v) is 10.2. The maximum atomic E-state index is 14.4. The lowest BCUT2D eigenvalue weighted by molar-refractivity contribution is -0.920. The molecule has 0 aromatic rings. The molecule has 7 unspecified atom stereocenters. The lowest BCUT2D eigenvalue weighted by atomic mass is 9.87. The third kappa shape index (κ3) is 4.85. The number of rotatable bonds is 5. The van der Waals surface area contributed by atoms with Crippen LogP contribution in [0, 0.1) is 11.8 Å². The van der Waals surface area contributed by atoms with Crippen molar-refractivity contribution >= 4 is 0 Å². The van der Waals surface area contributed by atoms with Gasteiger partial charge in [-0.25, -0.2) is 9.29 Å². The predicted molar refractivity (Wildman–Crippen MR) is 111 cm³/mol. The molecule has 30 heavy (non-hydrogen) atoms. The SMILES string of the molecule is FC1CCCCC1C[NH+]1CCC[C@H]1C1NC(C2CC[NH2+]C(N3CCOCC3)C2)NO1. The highest BCUT2D eigenvalue weighted by Crippen LogP contribution is 2.27. The first-order chi connectivity index (χ1) is 14.8. The summed E-state index contributed by atoms with van der Waals surface area (Å²) >= 11 is 0. The number of nitrogens with zero attached hydrogens (tertiary/aromatic N) is 1. The van der Waals surface area contributed by atoms with E-state index < -0.39 is 6.17 Å². The van der Waals surface area contributed by atoms with Crippen molar-refractivity contribution < 1.29 is 24.2 Å². The quantitative estimate of drug-likeness (QED) is 0.452. The van der Waals surface area contributed by atoms with Crippen LogP contribution >= 0.6 is 0 Å². The molecule has 8 heteroatoms. The molecule has 0 amide bonds. The van der Waals surface area contributed by atoms with Gasteiger partial charge in [-0.1, -0.05) is 12.8 Å². The number of nitrogens with two attached hydrogens (primary N) is 1. The van der Waals surface area contributed by atoms with Gasteiger partial charge in [-0.15, -0.1) is 0 Å². The molecule has 0 bridgehead atoms. The number of hydrogen-bond donors (Lipinski definition) is 4. The summed E-state index contributed by atoms with van der Waals surface area (Å²) in [4.78, 5) is 10.3. The van der Waals surface area contributed by atoms with Crippen LogP contribution < -0.4 is 21.0 Å². The molecule has 172 valence electrons. The second-order valence-electron chi connectivity index (χ2n) is 10.2. The molecule has 5 rings (SSSR count). The molecule has 0 aromatic carbocycles. The first-order valence-electron chi connectivity index (χ1n) is 12.6. The fourth-order valence-electron chi connectivity index (χ4n) is 6.65. The van der Waals surface area contributed by atoms with Crippen molar-refractivity contribution in [1.29, 1.82) is 0 Å². The number of nitrogens with one attached hydrogen (secondary N) is 3. The van der Waals surface area contributed by atoms with Crippen LogP contribution in [0.4, 0.5) is 4.39 Å². The molecule has 0 aromatic heterocycles. The smallest absolute Gasteiger partial charge is 0.183 e. The lowest BCUT2D eigenvalue weighted by Crippen LogP contribution is -3.16. The number of ether oxygens (including phenoxy) is 1. The molecular weight excluding hydrogens is 385 g/mol. The number of piperidine rings is 1. The van der Waals surface area contributed by atoms with Gasteiger partial charge in [0.1, 0.15) is 18.4 Å². The Morgan fingerprint density at radius 3 is 2.80 bits per heavy atom. The number of alkyl halides is 1. The normalized spacial score (nSPS) is 46.3. The van der Waals surface area contributed by atoms with Gasteiger partial charge in [0.25, 0.3) is 0 Å². The predicted octanol–water partition coefficient (Wildman–Crippen LogP) is -1.03. The molecule has 5 N–H and O–H groups in total. The minimum Gasteiger partial charge on any atom is -0.379 e. The lowest BCUT2D eigenvalue weighted by Gasteiger charge is -2.38. The van der Waals surface area contributed by atoms with E-state index in [0.29, 0.717) is 18.1 Å². The maximum Gasteiger partial charge on any atom is 0.183 e. The van der Waals surface area contributed by atoms with Gasteiger partial charge in [-0.05, 0) is 12.8 Å². The highest BCUT2D eigenvalue weighted by Gasteiger charge is 2.45. The number of halogens is 1. The average molecular weight is 428 g/mol. The number of hydroxylamine groups is 1. The monoisotopic (exact) mass is 427 g/mol. The van der Waals surface area contributed by atoms with Crippen LogP contribution in [0.25, 0.3) is 0 Å². The van der Waals surface area contributed by atoms with Crippen LogP contribution in [-0.2, 0) is 9.57 Å². The van der Waals surface area contributed by atoms with Crippen molar-refractivity contribution in [3.63, 3.8) is 0 Å². The summed E-state index contributed by atoms with van der Waals surface area (Å²) in [5, 5.41) is 6.31. The third-order valence-corrected chi connectivity index (χ3v) is 8.42. The molecule has 4 aliphatic heterocycles. The number of morpholine rings is 1. The van der Waals surface area contributed by atoms with E-state index in [9.17, 15) is 4.39 Å². The fourth-order valence-corrected chi connectivity index (χ4v) is 6.65. The molecule has 7 nitrogen and oxygen atoms in total. The standard InChI is InChI=1S/C22H40FN5O2/c23-18-5-2-1-4-17(18)15-28-9-3-6-19(28)22-25-21(26-30-22)16-7-8-24-20(14-16)27-10-12-29-13-11-27/h16-22,24-26H,1-15H2/p+2/t16?,17?,18?,19-,20?,21?,22?/m0/s1. The van der Waals surface area contributed by atoms with Gasteiger partial charge < -0.3 is 15.0 Å². The van der Waals surface area contributed by atoms with Crippen molar-refractivity contribution in [3.8, 4) is 0 Å². The number of likely N-dealkylation sites (tertiary alicyclic amines) is 1. The van der Waals surface area contributed by atoms with E-state index in [1.807, 2.05) is 0 Å². The Hall–Kier alpha value is -0.350. The minimum absolute atomic E-state index is 0.0573. The summed E-state index contributed by atoms with van der Waals surface area (Å²) in [5.74, 6) is 0.842. The van der Waals surface area contributed by atoms with Crippen LogP contribution in [0.2, 0.25) is 0 Å². The molecule has 1 saturated carbocycles. The van der Waals surface area contributed by atoms with Gasteiger partial charge in [0.15, 0.2) is 6.23 Å². The van der Waals surface area contributed by atoms with Crippen LogP contribution in [0.5, 0.6) is 0 Å². The molecule has 1 aliphatic carbocycles. The summed E-state index contributed by atoms with van der Waals surface area (Å²) in [5.41, 5.74) is 3.35. The first kappa shape index (κ1) is 21.5. The molecule has 5 fully saturated rings. The van der Waals surface area contributed by atoms with Crippen LogP contribution in [0.1, 0.15) is 51.4 Å². The number of quaternary nitrogens is 2. The zero-order valence-electron chi connectivity index (χ0n) is 18.4. The summed E-state index contributed by atoms with van der Waals surface area (Å²) in [6.45, 7) is 7.15. The van der Waals surface area contributed by atoms with Crippen molar-refractivity contribution in [2.45, 2.75) is 82.1 Å². The van der Waals surface area contributed by atoms with Gasteiger partial charge in [0.05, 0.1) is 39.0 Å². The molecule has 0 radical (unpaired) electrons. The third-order valence-electron chi connectivity index (χ3n) is 8.42. The molecule has 4 heterocycles. The highest BCUT2D eigenvalue weighted by atomic mass is 19.1. The fraction of sp³-hybridized carbons (Fsp3) is 1.00. The molecule has 0 spiro atoms. The highest BCUT2D eigenvalue weighted by molar-refractivity contribution is 4.85. The van der Waals surface area contributed by atoms with Crippen molar-refractivity contribution in [2.24, 2.45) is 11.8 Å². The molecule has 8 atom stereocenters. The molecule has 5 aliphatic rings. The summed E-state index contributed by atoms with van der Waals surface area (Å²) < 4.78 is 19.9. The van der Waals surface area contributed by atoms with E-state index in [-0.39, 0.29) is 18.3 Å². The zero-order chi connectivity index (χ0) is 20.3. The Kier molecular flexibility index (Phi) is 7.21. The van der Waals surface area contributed by atoms with Crippen LogP contribution in [0.15, 0.2) is 0 Å². The van der Waals surface area contributed by atoms with E-state index in [0.717, 1.165) is 58.7 Å². The largest absolute Gasteiger partial charge is 0.379 e. The summed E-state index contributed by atoms with van der Waals surface area (Å²) in [6, 6.07) is 0.446. The molecule has 4 saturated heterocycles. The minimum atomic E-state index is -0.591. The Balaban J connectivity index is 1.14. The molecular formula is C22H42FN5O2+2. The average Bonchev–Trinajstić information content (AvgIpc) is 3.46. The van der Waals surface area contributed by atoms with Gasteiger partial charge in [0.2, 0.25) is 0 Å². The van der Waals surface area contributed by atoms with Gasteiger partial charge >= 0.3 is 0 Å². The van der Waals surface area contributed by atoms with Crippen molar-refractivity contribution in [2.75, 3.05) is 45.9 Å². The zero-order valence-corrected chi connectivity index (χ0v) is 18.4. The Morgan fingerprint density at radius 2 is 1.93 bits per heavy atom. The topological polar surface area (TPSA) is 66.8 Å². The van der Waals surface area contributed by atoms with E-state index in [1.54, 1.807) is 4.90 Å². The van der Waals surface area contributed by atoms with E-state index in [2.05, 4.69) is 21.0 Å². The van der Waals surface area contributed by atoms with E-state index in [1.165, 1.54) is 38.6 Å². The van der Waals surface area contributed by atoms with Gasteiger partial charge in [0, 0.05) is 50.6 Å².